The lowest BCUT2D eigenvalue weighted by atomic mass is 9.96. The molecule has 3 aliphatic heterocycles. The lowest BCUT2D eigenvalue weighted by molar-refractivity contribution is 0.360. The normalized spacial score (nSPS) is 23.4. The van der Waals surface area contributed by atoms with Crippen LogP contribution >= 0.6 is 10.5 Å². The molecule has 4 aliphatic rings. The highest BCUT2D eigenvalue weighted by Crippen LogP contribution is 2.41. The molecule has 0 amide bonds. The minimum absolute atomic E-state index is 0.208. The van der Waals surface area contributed by atoms with Crippen LogP contribution in [0.25, 0.3) is 6.08 Å². The summed E-state index contributed by atoms with van der Waals surface area (Å²) in [5, 5.41) is 10.7. The molecule has 0 saturated carbocycles. The average Bonchev–Trinajstić information content (AvgIpc) is 3.52. The SMILES string of the molecule is C=C(CC)N1CCC2NC(c3ccc(C)cc3)=S3C(=C)NN=C3C21.CCc1cc(C)nc2c1C=CCC2. The maximum atomic E-state index is 4.68. The number of allylic oxidation sites excluding steroid dienone is 2. The summed E-state index contributed by atoms with van der Waals surface area (Å²) in [6.45, 7) is 18.1. The first-order valence-electron chi connectivity index (χ1n) is 13.5. The maximum absolute atomic E-state index is 4.68. The molecular weight excluding hydrogens is 474 g/mol. The molecule has 4 heterocycles. The molecule has 2 aromatic rings. The molecule has 1 saturated heterocycles. The number of aromatic nitrogens is 1. The molecule has 0 radical (unpaired) electrons. The van der Waals surface area contributed by atoms with Crippen LogP contribution in [0.3, 0.4) is 0 Å². The predicted octanol–water partition coefficient (Wildman–Crippen LogP) is 6.01. The van der Waals surface area contributed by atoms with Gasteiger partial charge in [-0.2, -0.15) is 5.10 Å². The fourth-order valence-electron chi connectivity index (χ4n) is 5.62. The second-order valence-electron chi connectivity index (χ2n) is 10.2. The molecule has 1 fully saturated rings. The number of rotatable bonds is 4. The Balaban J connectivity index is 0.000000182. The zero-order chi connectivity index (χ0) is 26.1. The first-order valence-corrected chi connectivity index (χ1v) is 14.7. The maximum Gasteiger partial charge on any atom is 0.119 e. The van der Waals surface area contributed by atoms with Crippen molar-refractivity contribution in [2.45, 2.75) is 71.9 Å². The average molecular weight is 514 g/mol. The Morgan fingerprint density at radius 3 is 2.70 bits per heavy atom. The number of fused-ring (bicyclic) bond motifs is 4. The summed E-state index contributed by atoms with van der Waals surface area (Å²) in [5.41, 5.74) is 12.1. The van der Waals surface area contributed by atoms with Gasteiger partial charge in [-0.3, -0.25) is 15.7 Å². The van der Waals surface area contributed by atoms with Crippen molar-refractivity contribution in [1.29, 1.82) is 0 Å². The summed E-state index contributed by atoms with van der Waals surface area (Å²) < 4.78 is 0. The standard InChI is InChI=1S/C19H24N4S.C12H15N/c1-5-13(3)23-11-10-16-17(23)19-22-21-14(4)24(19)18(20-16)15-8-6-12(2)7-9-15;1-3-10-8-9(2)13-12-7-5-4-6-11(10)12/h6-9,16-17,20-21H,3-5,10-11H2,1-2H3;4,6,8H,3,5,7H2,1-2H3. The van der Waals surface area contributed by atoms with Crippen molar-refractivity contribution in [3.63, 3.8) is 0 Å². The van der Waals surface area contributed by atoms with Crippen LogP contribution in [0.4, 0.5) is 0 Å². The van der Waals surface area contributed by atoms with Crippen molar-refractivity contribution >= 4 is 26.6 Å². The highest BCUT2D eigenvalue weighted by molar-refractivity contribution is 8.32. The molecule has 6 rings (SSSR count). The van der Waals surface area contributed by atoms with Gasteiger partial charge in [-0.05, 0) is 68.7 Å². The van der Waals surface area contributed by atoms with Gasteiger partial charge in [0.1, 0.15) is 5.04 Å². The summed E-state index contributed by atoms with van der Waals surface area (Å²) in [4.78, 5) is 8.26. The highest BCUT2D eigenvalue weighted by atomic mass is 32.2. The number of hydrogen-bond donors (Lipinski definition) is 2. The van der Waals surface area contributed by atoms with E-state index in [1.165, 1.54) is 43.7 Å². The molecule has 0 spiro atoms. The molecule has 3 atom stereocenters. The fourth-order valence-corrected chi connectivity index (χ4v) is 7.77. The van der Waals surface area contributed by atoms with E-state index in [4.69, 9.17) is 0 Å². The molecule has 0 bridgehead atoms. The number of hydrazone groups is 1. The van der Waals surface area contributed by atoms with Gasteiger partial charge in [0.05, 0.1) is 16.1 Å². The third kappa shape index (κ3) is 4.97. The lowest BCUT2D eigenvalue weighted by Gasteiger charge is -2.36. The summed E-state index contributed by atoms with van der Waals surface area (Å²) >= 11 is 0. The van der Waals surface area contributed by atoms with E-state index in [0.717, 1.165) is 49.4 Å². The third-order valence-electron chi connectivity index (χ3n) is 7.61. The van der Waals surface area contributed by atoms with Crippen molar-refractivity contribution in [3.05, 3.63) is 93.9 Å². The van der Waals surface area contributed by atoms with Crippen LogP contribution in [-0.4, -0.2) is 38.5 Å². The van der Waals surface area contributed by atoms with Crippen molar-refractivity contribution < 1.29 is 0 Å². The predicted molar refractivity (Wildman–Crippen MR) is 160 cm³/mol. The molecule has 3 unspecified atom stereocenters. The summed E-state index contributed by atoms with van der Waals surface area (Å²) in [7, 11) is -0.208. The lowest BCUT2D eigenvalue weighted by Crippen LogP contribution is -2.52. The van der Waals surface area contributed by atoms with Gasteiger partial charge < -0.3 is 4.90 Å². The van der Waals surface area contributed by atoms with Crippen LogP contribution in [0.5, 0.6) is 0 Å². The Morgan fingerprint density at radius 2 is 1.97 bits per heavy atom. The van der Waals surface area contributed by atoms with Gasteiger partial charge in [0.15, 0.2) is 0 Å². The van der Waals surface area contributed by atoms with Crippen molar-refractivity contribution in [2.75, 3.05) is 6.54 Å². The Labute approximate surface area is 224 Å². The van der Waals surface area contributed by atoms with E-state index >= 15 is 0 Å². The van der Waals surface area contributed by atoms with Crippen LogP contribution in [0.15, 0.2) is 65.4 Å². The Morgan fingerprint density at radius 1 is 1.19 bits per heavy atom. The van der Waals surface area contributed by atoms with Gasteiger partial charge in [-0.1, -0.05) is 79.5 Å². The molecule has 37 heavy (non-hydrogen) atoms. The minimum atomic E-state index is -0.208. The monoisotopic (exact) mass is 513 g/mol. The van der Waals surface area contributed by atoms with E-state index in [0.29, 0.717) is 12.1 Å². The van der Waals surface area contributed by atoms with E-state index in [1.807, 2.05) is 0 Å². The quantitative estimate of drug-likeness (QED) is 0.492. The molecule has 1 aromatic carbocycles. The number of benzene rings is 1. The Bertz CT molecular complexity index is 1320. The van der Waals surface area contributed by atoms with E-state index in [9.17, 15) is 0 Å². The van der Waals surface area contributed by atoms with Gasteiger partial charge in [0.2, 0.25) is 0 Å². The molecular formula is C31H39N5S. The van der Waals surface area contributed by atoms with Gasteiger partial charge >= 0.3 is 0 Å². The van der Waals surface area contributed by atoms with Crippen LogP contribution in [0.2, 0.25) is 0 Å². The smallest absolute Gasteiger partial charge is 0.119 e. The molecule has 1 aromatic heterocycles. The van der Waals surface area contributed by atoms with Crippen molar-refractivity contribution in [2.24, 2.45) is 5.10 Å². The Hall–Kier alpha value is -2.96. The molecule has 1 aliphatic carbocycles. The van der Waals surface area contributed by atoms with Gasteiger partial charge in [-0.25, -0.2) is 0 Å². The largest absolute Gasteiger partial charge is 0.364 e. The molecule has 5 nitrogen and oxygen atoms in total. The van der Waals surface area contributed by atoms with E-state index < -0.39 is 0 Å². The number of hydrogen-bond acceptors (Lipinski definition) is 5. The zero-order valence-corrected chi connectivity index (χ0v) is 23.4. The Kier molecular flexibility index (Phi) is 7.50. The van der Waals surface area contributed by atoms with Gasteiger partial charge in [0.25, 0.3) is 0 Å². The first-order chi connectivity index (χ1) is 17.9. The number of likely N-dealkylation sites (tertiary alicyclic amines) is 1. The second-order valence-corrected chi connectivity index (χ2v) is 12.1. The van der Waals surface area contributed by atoms with Crippen molar-refractivity contribution in [3.8, 4) is 0 Å². The van der Waals surface area contributed by atoms with Crippen molar-refractivity contribution in [1.82, 2.24) is 20.6 Å². The number of aryl methyl sites for hydroxylation is 4. The van der Waals surface area contributed by atoms with Crippen LogP contribution in [0.1, 0.15) is 66.8 Å². The summed E-state index contributed by atoms with van der Waals surface area (Å²) in [5.74, 6) is 0. The number of pyridine rings is 1. The fraction of sp³-hybridized carbons (Fsp3) is 0.387. The van der Waals surface area contributed by atoms with Crippen LogP contribution in [0, 0.1) is 13.8 Å². The third-order valence-corrected chi connectivity index (χ3v) is 9.71. The second kappa shape index (κ2) is 10.8. The number of nitrogens with zero attached hydrogens (tertiary/aromatic N) is 3. The highest BCUT2D eigenvalue weighted by Gasteiger charge is 2.45. The topological polar surface area (TPSA) is 52.5 Å². The van der Waals surface area contributed by atoms with E-state index in [-0.39, 0.29) is 10.5 Å². The van der Waals surface area contributed by atoms with Gasteiger partial charge in [0, 0.05) is 29.7 Å². The number of nitrogens with one attached hydrogen (secondary N) is 2. The zero-order valence-electron chi connectivity index (χ0n) is 22.6. The van der Waals surface area contributed by atoms with Crippen LogP contribution in [-0.2, 0) is 12.8 Å². The van der Waals surface area contributed by atoms with Crippen LogP contribution < -0.4 is 10.7 Å². The van der Waals surface area contributed by atoms with E-state index in [1.54, 1.807) is 0 Å². The van der Waals surface area contributed by atoms with Gasteiger partial charge in [-0.15, -0.1) is 0 Å². The molecule has 6 heteroatoms. The molecule has 194 valence electrons. The van der Waals surface area contributed by atoms with E-state index in [2.05, 4.69) is 109 Å². The first kappa shape index (κ1) is 25.7. The summed E-state index contributed by atoms with van der Waals surface area (Å²) in [6.07, 6.45) is 9.93. The minimum Gasteiger partial charge on any atom is -0.364 e. The molecule has 2 N–H and O–H groups in total. The summed E-state index contributed by atoms with van der Waals surface area (Å²) in [6, 6.07) is 11.6.